The lowest BCUT2D eigenvalue weighted by atomic mass is 10.1. The van der Waals surface area contributed by atoms with Crippen molar-refractivity contribution >= 4 is 5.97 Å². The molecule has 0 radical (unpaired) electrons. The monoisotopic (exact) mass is 287 g/mol. The Morgan fingerprint density at radius 2 is 1.90 bits per heavy atom. The van der Waals surface area contributed by atoms with Gasteiger partial charge in [-0.25, -0.2) is 9.97 Å². The molecule has 110 valence electrons. The van der Waals surface area contributed by atoms with Crippen LogP contribution in [-0.2, 0) is 4.79 Å². The molecule has 2 rings (SSSR count). The van der Waals surface area contributed by atoms with Gasteiger partial charge in [0.2, 0.25) is 0 Å². The molecule has 6 heteroatoms. The van der Waals surface area contributed by atoms with E-state index in [1.165, 1.54) is 0 Å². The zero-order valence-corrected chi connectivity index (χ0v) is 11.7. The minimum Gasteiger partial charge on any atom is -0.494 e. The predicted molar refractivity (Wildman–Crippen MR) is 77.8 cm³/mol. The van der Waals surface area contributed by atoms with Crippen molar-refractivity contribution in [3.05, 3.63) is 42.2 Å². The average molecular weight is 287 g/mol. The summed E-state index contributed by atoms with van der Waals surface area (Å²) in [6.45, 7) is 2.54. The van der Waals surface area contributed by atoms with Crippen molar-refractivity contribution < 1.29 is 14.6 Å². The van der Waals surface area contributed by atoms with Crippen LogP contribution in [0.2, 0.25) is 0 Å². The molecule has 21 heavy (non-hydrogen) atoms. The second kappa shape index (κ2) is 6.81. The Kier molecular flexibility index (Phi) is 4.84. The summed E-state index contributed by atoms with van der Waals surface area (Å²) in [5, 5.41) is 8.71. The van der Waals surface area contributed by atoms with Gasteiger partial charge in [0.1, 0.15) is 5.75 Å². The van der Waals surface area contributed by atoms with Gasteiger partial charge >= 0.3 is 5.97 Å². The lowest BCUT2D eigenvalue weighted by molar-refractivity contribution is -0.137. The first kappa shape index (κ1) is 14.9. The van der Waals surface area contributed by atoms with Crippen molar-refractivity contribution in [3.63, 3.8) is 0 Å². The van der Waals surface area contributed by atoms with Gasteiger partial charge in [0, 0.05) is 29.6 Å². The molecule has 0 saturated carbocycles. The topological polar surface area (TPSA) is 98.3 Å². The number of aromatic nitrogens is 2. The summed E-state index contributed by atoms with van der Waals surface area (Å²) in [5.74, 6) is 0.406. The normalized spacial score (nSPS) is 11.9. The smallest absolute Gasteiger partial charge is 0.305 e. The van der Waals surface area contributed by atoms with Gasteiger partial charge in [0.15, 0.2) is 5.82 Å². The Morgan fingerprint density at radius 1 is 1.29 bits per heavy atom. The van der Waals surface area contributed by atoms with E-state index in [9.17, 15) is 4.79 Å². The highest BCUT2D eigenvalue weighted by Crippen LogP contribution is 2.20. The van der Waals surface area contributed by atoms with E-state index < -0.39 is 12.0 Å². The van der Waals surface area contributed by atoms with Crippen LogP contribution in [0.4, 0.5) is 0 Å². The van der Waals surface area contributed by atoms with Crippen LogP contribution in [0.3, 0.4) is 0 Å². The van der Waals surface area contributed by atoms with Gasteiger partial charge in [-0.2, -0.15) is 0 Å². The first-order valence-corrected chi connectivity index (χ1v) is 6.62. The van der Waals surface area contributed by atoms with Crippen LogP contribution in [0, 0.1) is 0 Å². The molecule has 0 saturated heterocycles. The Labute approximate surface area is 122 Å². The van der Waals surface area contributed by atoms with Gasteiger partial charge in [-0.15, -0.1) is 0 Å². The summed E-state index contributed by atoms with van der Waals surface area (Å²) in [6, 6.07) is 6.85. The van der Waals surface area contributed by atoms with Crippen molar-refractivity contribution in [3.8, 4) is 17.1 Å². The molecule has 0 aliphatic rings. The van der Waals surface area contributed by atoms with Gasteiger partial charge in [0.05, 0.1) is 13.0 Å². The summed E-state index contributed by atoms with van der Waals surface area (Å²) in [5.41, 5.74) is 7.22. The summed E-state index contributed by atoms with van der Waals surface area (Å²) in [6.07, 6.45) is 2.98. The van der Waals surface area contributed by atoms with Crippen molar-refractivity contribution in [2.24, 2.45) is 5.73 Å². The number of aliphatic carboxylic acids is 1. The molecular formula is C15H17N3O3. The number of rotatable bonds is 6. The van der Waals surface area contributed by atoms with Crippen LogP contribution in [0.5, 0.6) is 5.75 Å². The van der Waals surface area contributed by atoms with Crippen molar-refractivity contribution in [2.75, 3.05) is 6.61 Å². The van der Waals surface area contributed by atoms with Crippen LogP contribution < -0.4 is 10.5 Å². The molecule has 0 aliphatic heterocycles. The number of nitrogens with zero attached hydrogens (tertiary/aromatic N) is 2. The number of hydrogen-bond acceptors (Lipinski definition) is 5. The van der Waals surface area contributed by atoms with Crippen LogP contribution in [-0.4, -0.2) is 27.7 Å². The summed E-state index contributed by atoms with van der Waals surface area (Å²) in [4.78, 5) is 19.1. The zero-order chi connectivity index (χ0) is 15.2. The van der Waals surface area contributed by atoms with E-state index in [4.69, 9.17) is 15.6 Å². The minimum absolute atomic E-state index is 0.147. The highest BCUT2D eigenvalue weighted by Gasteiger charge is 2.12. The highest BCUT2D eigenvalue weighted by atomic mass is 16.5. The number of benzene rings is 1. The van der Waals surface area contributed by atoms with E-state index in [2.05, 4.69) is 9.97 Å². The maximum atomic E-state index is 10.6. The van der Waals surface area contributed by atoms with E-state index in [1.54, 1.807) is 12.4 Å². The van der Waals surface area contributed by atoms with Crippen LogP contribution in [0.1, 0.15) is 24.9 Å². The third kappa shape index (κ3) is 4.00. The first-order valence-electron chi connectivity index (χ1n) is 6.62. The molecule has 1 atom stereocenters. The maximum absolute atomic E-state index is 10.6. The van der Waals surface area contributed by atoms with E-state index in [0.717, 1.165) is 11.3 Å². The summed E-state index contributed by atoms with van der Waals surface area (Å²) < 4.78 is 5.37. The third-order valence-corrected chi connectivity index (χ3v) is 2.92. The van der Waals surface area contributed by atoms with Crippen molar-refractivity contribution in [2.45, 2.75) is 19.4 Å². The molecule has 0 spiro atoms. The molecular weight excluding hydrogens is 270 g/mol. The van der Waals surface area contributed by atoms with Gasteiger partial charge < -0.3 is 15.6 Å². The standard InChI is InChI=1S/C15H17N3O3/c1-2-21-12-5-3-10(4-6-12)15-17-8-11(9-18-15)13(16)7-14(19)20/h3-6,8-9,13H,2,7,16H2,1H3,(H,19,20)/t13-/m0/s1. The van der Waals surface area contributed by atoms with Gasteiger partial charge in [-0.3, -0.25) is 4.79 Å². The quantitative estimate of drug-likeness (QED) is 0.843. The Hall–Kier alpha value is -2.47. The second-order valence-corrected chi connectivity index (χ2v) is 4.50. The molecule has 0 fully saturated rings. The molecule has 2 aromatic rings. The van der Waals surface area contributed by atoms with Crippen molar-refractivity contribution in [1.82, 2.24) is 9.97 Å². The number of hydrogen-bond donors (Lipinski definition) is 2. The molecule has 3 N–H and O–H groups in total. The molecule has 0 amide bonds. The fourth-order valence-corrected chi connectivity index (χ4v) is 1.85. The lowest BCUT2D eigenvalue weighted by Crippen LogP contribution is -2.15. The van der Waals surface area contributed by atoms with Gasteiger partial charge in [-0.05, 0) is 31.2 Å². The Bertz CT molecular complexity index is 597. The maximum Gasteiger partial charge on any atom is 0.305 e. The fraction of sp³-hybridized carbons (Fsp3) is 0.267. The second-order valence-electron chi connectivity index (χ2n) is 4.50. The summed E-state index contributed by atoms with van der Waals surface area (Å²) >= 11 is 0. The van der Waals surface area contributed by atoms with E-state index in [-0.39, 0.29) is 6.42 Å². The van der Waals surface area contributed by atoms with Gasteiger partial charge in [0.25, 0.3) is 0 Å². The lowest BCUT2D eigenvalue weighted by Gasteiger charge is -2.09. The fourth-order valence-electron chi connectivity index (χ4n) is 1.85. The molecule has 0 aliphatic carbocycles. The third-order valence-electron chi connectivity index (χ3n) is 2.92. The average Bonchev–Trinajstić information content (AvgIpc) is 2.48. The predicted octanol–water partition coefficient (Wildman–Crippen LogP) is 2.02. The summed E-state index contributed by atoms with van der Waals surface area (Å²) in [7, 11) is 0. The molecule has 1 aromatic heterocycles. The van der Waals surface area contributed by atoms with Crippen molar-refractivity contribution in [1.29, 1.82) is 0 Å². The number of carboxylic acid groups (broad SMARTS) is 1. The largest absolute Gasteiger partial charge is 0.494 e. The first-order chi connectivity index (χ1) is 10.1. The van der Waals surface area contributed by atoms with E-state index >= 15 is 0 Å². The zero-order valence-electron chi connectivity index (χ0n) is 11.7. The highest BCUT2D eigenvalue weighted by molar-refractivity contribution is 5.67. The van der Waals surface area contributed by atoms with E-state index in [0.29, 0.717) is 18.0 Å². The molecule has 1 heterocycles. The van der Waals surface area contributed by atoms with Crippen LogP contribution in [0.25, 0.3) is 11.4 Å². The number of carbonyl (C=O) groups is 1. The van der Waals surface area contributed by atoms with Crippen LogP contribution >= 0.6 is 0 Å². The SMILES string of the molecule is CCOc1ccc(-c2ncc([C@@H](N)CC(=O)O)cn2)cc1. The minimum atomic E-state index is -0.946. The number of carboxylic acids is 1. The Balaban J connectivity index is 2.12. The molecule has 6 nitrogen and oxygen atoms in total. The van der Waals surface area contributed by atoms with Gasteiger partial charge in [-0.1, -0.05) is 0 Å². The molecule has 1 aromatic carbocycles. The number of ether oxygens (including phenoxy) is 1. The molecule has 0 unspecified atom stereocenters. The molecule has 0 bridgehead atoms. The van der Waals surface area contributed by atoms with Crippen LogP contribution in [0.15, 0.2) is 36.7 Å². The Morgan fingerprint density at radius 3 is 2.43 bits per heavy atom. The number of nitrogens with two attached hydrogens (primary N) is 1. The van der Waals surface area contributed by atoms with E-state index in [1.807, 2.05) is 31.2 Å².